The zero-order chi connectivity index (χ0) is 24.2. The number of aromatic hydroxyl groups is 2. The van der Waals surface area contributed by atoms with Gasteiger partial charge in [-0.1, -0.05) is 42.3 Å². The van der Waals surface area contributed by atoms with Gasteiger partial charge in [-0.15, -0.1) is 0 Å². The van der Waals surface area contributed by atoms with E-state index in [0.29, 0.717) is 13.1 Å². The first kappa shape index (κ1) is 22.8. The summed E-state index contributed by atoms with van der Waals surface area (Å²) < 4.78 is 0. The number of allylic oxidation sites excluding steroid dienone is 1. The van der Waals surface area contributed by atoms with Crippen molar-refractivity contribution in [1.29, 1.82) is 0 Å². The first-order valence-electron chi connectivity index (χ1n) is 12.4. The van der Waals surface area contributed by atoms with E-state index in [1.54, 1.807) is 6.07 Å². The molecular formula is C28H35N3O3. The molecule has 2 saturated heterocycles. The number of aryl methyl sites for hydroxylation is 2. The van der Waals surface area contributed by atoms with E-state index in [2.05, 4.69) is 56.9 Å². The summed E-state index contributed by atoms with van der Waals surface area (Å²) in [6.45, 7) is 12.2. The molecule has 0 bridgehead atoms. The number of urea groups is 1. The van der Waals surface area contributed by atoms with E-state index in [0.717, 1.165) is 49.3 Å². The molecule has 1 spiro atoms. The molecular weight excluding hydrogens is 426 g/mol. The third-order valence-electron chi connectivity index (χ3n) is 7.85. The first-order chi connectivity index (χ1) is 16.2. The van der Waals surface area contributed by atoms with E-state index in [1.165, 1.54) is 22.8 Å². The largest absolute Gasteiger partial charge is 0.508 e. The van der Waals surface area contributed by atoms with Gasteiger partial charge < -0.3 is 15.1 Å². The van der Waals surface area contributed by atoms with Crippen LogP contribution in [-0.4, -0.2) is 56.1 Å². The van der Waals surface area contributed by atoms with E-state index in [4.69, 9.17) is 0 Å². The van der Waals surface area contributed by atoms with Gasteiger partial charge in [0.25, 0.3) is 0 Å². The van der Waals surface area contributed by atoms with Crippen LogP contribution in [0.15, 0.2) is 42.1 Å². The number of amides is 2. The summed E-state index contributed by atoms with van der Waals surface area (Å²) in [6.07, 6.45) is 3.95. The predicted molar refractivity (Wildman–Crippen MR) is 133 cm³/mol. The maximum Gasteiger partial charge on any atom is 0.325 e. The van der Waals surface area contributed by atoms with Gasteiger partial charge in [0.15, 0.2) is 0 Å². The monoisotopic (exact) mass is 461 g/mol. The molecule has 0 saturated carbocycles. The van der Waals surface area contributed by atoms with Crippen LogP contribution >= 0.6 is 0 Å². The lowest BCUT2D eigenvalue weighted by molar-refractivity contribution is 0.0888. The van der Waals surface area contributed by atoms with Crippen molar-refractivity contribution in [3.05, 3.63) is 69.9 Å². The van der Waals surface area contributed by atoms with Crippen molar-refractivity contribution in [2.24, 2.45) is 0 Å². The van der Waals surface area contributed by atoms with Crippen LogP contribution in [0.5, 0.6) is 11.5 Å². The van der Waals surface area contributed by atoms with Crippen LogP contribution < -0.4 is 0 Å². The summed E-state index contributed by atoms with van der Waals surface area (Å²) in [4.78, 5) is 20.0. The second-order valence-electron chi connectivity index (χ2n) is 10.3. The maximum absolute atomic E-state index is 13.6. The van der Waals surface area contributed by atoms with Gasteiger partial charge in [-0.25, -0.2) is 4.79 Å². The number of carbonyl (C=O) groups excluding carboxylic acids is 1. The Morgan fingerprint density at radius 2 is 1.71 bits per heavy atom. The van der Waals surface area contributed by atoms with Crippen LogP contribution in [-0.2, 0) is 13.1 Å². The molecule has 5 rings (SSSR count). The minimum atomic E-state index is -0.321. The van der Waals surface area contributed by atoms with Gasteiger partial charge in [-0.3, -0.25) is 9.80 Å². The van der Waals surface area contributed by atoms with Crippen LogP contribution in [0, 0.1) is 13.8 Å². The fraction of sp³-hybridized carbons (Fsp3) is 0.464. The van der Waals surface area contributed by atoms with E-state index in [9.17, 15) is 15.0 Å². The predicted octanol–water partition coefficient (Wildman–Crippen LogP) is 5.01. The highest BCUT2D eigenvalue weighted by atomic mass is 16.3. The number of phenolic OH excluding ortho intramolecular Hbond substituents is 2. The average Bonchev–Trinajstić information content (AvgIpc) is 2.86. The number of benzene rings is 2. The molecule has 34 heavy (non-hydrogen) atoms. The number of carbonyl (C=O) groups is 1. The Labute approximate surface area is 202 Å². The van der Waals surface area contributed by atoms with Gasteiger partial charge in [-0.05, 0) is 50.8 Å². The maximum atomic E-state index is 13.6. The Kier molecular flexibility index (Phi) is 5.59. The lowest BCUT2D eigenvalue weighted by Crippen LogP contribution is -2.53. The minimum Gasteiger partial charge on any atom is -0.508 e. The zero-order valence-corrected chi connectivity index (χ0v) is 20.6. The zero-order valence-electron chi connectivity index (χ0n) is 20.6. The number of hydrogen-bond acceptors (Lipinski definition) is 4. The highest BCUT2D eigenvalue weighted by Gasteiger charge is 2.54. The Morgan fingerprint density at radius 1 is 1.03 bits per heavy atom. The topological polar surface area (TPSA) is 67.2 Å². The van der Waals surface area contributed by atoms with Gasteiger partial charge in [-0.2, -0.15) is 0 Å². The van der Waals surface area contributed by atoms with Crippen LogP contribution in [0.25, 0.3) is 0 Å². The molecule has 3 heterocycles. The Bertz CT molecular complexity index is 1140. The van der Waals surface area contributed by atoms with Gasteiger partial charge in [0.1, 0.15) is 11.5 Å². The molecule has 180 valence electrons. The summed E-state index contributed by atoms with van der Waals surface area (Å²) >= 11 is 0. The van der Waals surface area contributed by atoms with Crippen molar-refractivity contribution in [2.75, 3.05) is 19.6 Å². The third kappa shape index (κ3) is 3.65. The number of hydrogen-bond donors (Lipinski definition) is 2. The summed E-state index contributed by atoms with van der Waals surface area (Å²) in [6, 6.07) is 9.85. The van der Waals surface area contributed by atoms with Crippen molar-refractivity contribution >= 4 is 6.03 Å². The Balaban J connectivity index is 1.44. The van der Waals surface area contributed by atoms with Crippen LogP contribution in [0.1, 0.15) is 60.4 Å². The van der Waals surface area contributed by atoms with Crippen molar-refractivity contribution in [3.8, 4) is 11.5 Å². The first-order valence-corrected chi connectivity index (χ1v) is 12.4. The van der Waals surface area contributed by atoms with E-state index in [1.807, 2.05) is 9.80 Å². The molecule has 2 amide bonds. The summed E-state index contributed by atoms with van der Waals surface area (Å²) in [5.74, 6) is 0.0725. The molecule has 3 aliphatic rings. The Hall–Kier alpha value is -2.99. The smallest absolute Gasteiger partial charge is 0.325 e. The normalized spacial score (nSPS) is 21.9. The molecule has 2 aromatic carbocycles. The molecule has 2 fully saturated rings. The SMILES string of the molecule is CCN1C(=O)N2Cc3cc(O)cc(O)c3[C@@H](C)C=C2C12CCN(Cc1cc(C)cc(C)c1)CC2. The van der Waals surface area contributed by atoms with Crippen LogP contribution in [0.3, 0.4) is 0 Å². The van der Waals surface area contributed by atoms with E-state index < -0.39 is 0 Å². The lowest BCUT2D eigenvalue weighted by atomic mass is 9.82. The molecule has 0 aromatic heterocycles. The van der Waals surface area contributed by atoms with Crippen LogP contribution in [0.4, 0.5) is 4.79 Å². The number of piperidine rings is 1. The second kappa shape index (κ2) is 8.35. The molecule has 2 N–H and O–H groups in total. The number of nitrogens with zero attached hydrogens (tertiary/aromatic N) is 3. The van der Waals surface area contributed by atoms with Crippen molar-refractivity contribution in [2.45, 2.75) is 65.1 Å². The quantitative estimate of drug-likeness (QED) is 0.674. The second-order valence-corrected chi connectivity index (χ2v) is 10.3. The standard InChI is InChI=1S/C28H35N3O3/c1-5-31-27(34)30-17-22-14-23(32)15-24(33)26(22)20(4)13-25(30)28(31)6-8-29(9-7-28)16-21-11-18(2)10-19(3)12-21/h10-15,20,32-33H,5-9,16-17H2,1-4H3/t20-/m0/s1. The molecule has 1 atom stereocenters. The molecule has 0 radical (unpaired) electrons. The summed E-state index contributed by atoms with van der Waals surface area (Å²) in [7, 11) is 0. The number of likely N-dealkylation sites (tertiary alicyclic amines) is 1. The third-order valence-corrected chi connectivity index (χ3v) is 7.85. The fourth-order valence-corrected chi connectivity index (χ4v) is 6.51. The van der Waals surface area contributed by atoms with Gasteiger partial charge in [0.2, 0.25) is 0 Å². The summed E-state index contributed by atoms with van der Waals surface area (Å²) in [5.41, 5.74) is 6.29. The van der Waals surface area contributed by atoms with E-state index >= 15 is 0 Å². The number of fused-ring (bicyclic) bond motifs is 3. The van der Waals surface area contributed by atoms with Gasteiger partial charge >= 0.3 is 6.03 Å². The molecule has 6 heteroatoms. The van der Waals surface area contributed by atoms with Gasteiger partial charge in [0.05, 0.1) is 12.1 Å². The van der Waals surface area contributed by atoms with Crippen molar-refractivity contribution in [1.82, 2.24) is 14.7 Å². The highest BCUT2D eigenvalue weighted by Crippen LogP contribution is 2.48. The fourth-order valence-electron chi connectivity index (χ4n) is 6.51. The molecule has 3 aliphatic heterocycles. The van der Waals surface area contributed by atoms with E-state index in [-0.39, 0.29) is 29.0 Å². The van der Waals surface area contributed by atoms with Crippen LogP contribution in [0.2, 0.25) is 0 Å². The Morgan fingerprint density at radius 3 is 2.35 bits per heavy atom. The van der Waals surface area contributed by atoms with Gasteiger partial charge in [0, 0.05) is 49.4 Å². The minimum absolute atomic E-state index is 0.0272. The molecule has 6 nitrogen and oxygen atoms in total. The number of rotatable bonds is 3. The highest BCUT2D eigenvalue weighted by molar-refractivity contribution is 5.83. The average molecular weight is 462 g/mol. The number of phenols is 2. The molecule has 2 aromatic rings. The van der Waals surface area contributed by atoms with Crippen molar-refractivity contribution < 1.29 is 15.0 Å². The van der Waals surface area contributed by atoms with Crippen molar-refractivity contribution in [3.63, 3.8) is 0 Å². The number of likely N-dealkylation sites (N-methyl/N-ethyl adjacent to an activating group) is 1. The molecule has 0 unspecified atom stereocenters. The molecule has 0 aliphatic carbocycles. The summed E-state index contributed by atoms with van der Waals surface area (Å²) in [5, 5.41) is 20.6. The lowest BCUT2D eigenvalue weighted by Gasteiger charge is -2.44.